The minimum absolute atomic E-state index is 0.453. The van der Waals surface area contributed by atoms with Crippen LogP contribution in [0.4, 0.5) is 0 Å². The maximum atomic E-state index is 12.7. The Labute approximate surface area is 146 Å². The Hall–Kier alpha value is -1.29. The van der Waals surface area contributed by atoms with E-state index in [0.29, 0.717) is 35.5 Å². The van der Waals surface area contributed by atoms with Gasteiger partial charge in [-0.05, 0) is 18.6 Å². The molecule has 2 aromatic rings. The van der Waals surface area contributed by atoms with E-state index in [1.165, 1.54) is 11.3 Å². The van der Waals surface area contributed by atoms with Gasteiger partial charge in [0.2, 0.25) is 11.8 Å². The van der Waals surface area contributed by atoms with Gasteiger partial charge in [0.25, 0.3) is 10.0 Å². The minimum Gasteiger partial charge on any atom is -0.426 e. The average Bonchev–Trinajstić information content (AvgIpc) is 3.22. The quantitative estimate of drug-likeness (QED) is 0.768. The lowest BCUT2D eigenvalue weighted by Gasteiger charge is -2.33. The number of aryl methyl sites for hydroxylation is 2. The molecule has 0 bridgehead atoms. The smallest absolute Gasteiger partial charge is 0.252 e. The Morgan fingerprint density at radius 3 is 2.54 bits per heavy atom. The monoisotopic (exact) mass is 370 g/mol. The maximum Gasteiger partial charge on any atom is 0.252 e. The summed E-state index contributed by atoms with van der Waals surface area (Å²) in [5, 5.41) is 7.80. The Morgan fingerprint density at radius 2 is 1.96 bits per heavy atom. The molecule has 0 amide bonds. The first kappa shape index (κ1) is 17.5. The van der Waals surface area contributed by atoms with E-state index >= 15 is 0 Å². The van der Waals surface area contributed by atoms with Gasteiger partial charge in [0.15, 0.2) is 0 Å². The third kappa shape index (κ3) is 3.85. The number of hydrogen-bond acceptors (Lipinski definition) is 7. The van der Waals surface area contributed by atoms with E-state index in [0.717, 1.165) is 30.9 Å². The standard InChI is InChI=1S/C15H22N4O3S2/c1-3-13-4-5-15(23-13)24(20,21)19-10-8-18(9-11-19)7-6-14-17-16-12(2)22-14/h4-5H,3,6-11H2,1-2H3. The highest BCUT2D eigenvalue weighted by molar-refractivity contribution is 7.91. The first-order chi connectivity index (χ1) is 11.5. The second kappa shape index (κ2) is 7.30. The molecular formula is C15H22N4O3S2. The highest BCUT2D eigenvalue weighted by Crippen LogP contribution is 2.26. The number of nitrogens with zero attached hydrogens (tertiary/aromatic N) is 4. The van der Waals surface area contributed by atoms with Crippen molar-refractivity contribution in [3.05, 3.63) is 28.8 Å². The topological polar surface area (TPSA) is 79.5 Å². The zero-order valence-electron chi connectivity index (χ0n) is 13.9. The summed E-state index contributed by atoms with van der Waals surface area (Å²) < 4.78 is 32.8. The summed E-state index contributed by atoms with van der Waals surface area (Å²) >= 11 is 1.37. The van der Waals surface area contributed by atoms with E-state index in [1.807, 2.05) is 13.0 Å². The van der Waals surface area contributed by atoms with Crippen molar-refractivity contribution >= 4 is 21.4 Å². The number of sulfonamides is 1. The van der Waals surface area contributed by atoms with Gasteiger partial charge < -0.3 is 9.32 Å². The van der Waals surface area contributed by atoms with Crippen LogP contribution in [0, 0.1) is 6.92 Å². The fraction of sp³-hybridized carbons (Fsp3) is 0.600. The molecule has 3 heterocycles. The lowest BCUT2D eigenvalue weighted by atomic mass is 10.3. The van der Waals surface area contributed by atoms with E-state index < -0.39 is 10.0 Å². The predicted octanol–water partition coefficient (Wildman–Crippen LogP) is 1.55. The van der Waals surface area contributed by atoms with Crippen LogP contribution in [0.5, 0.6) is 0 Å². The highest BCUT2D eigenvalue weighted by Gasteiger charge is 2.29. The molecule has 0 spiro atoms. The second-order valence-corrected chi connectivity index (χ2v) is 9.12. The summed E-state index contributed by atoms with van der Waals surface area (Å²) in [5.74, 6) is 1.21. The van der Waals surface area contributed by atoms with Crippen molar-refractivity contribution in [1.82, 2.24) is 19.4 Å². The number of aromatic nitrogens is 2. The average molecular weight is 371 g/mol. The van der Waals surface area contributed by atoms with Gasteiger partial charge >= 0.3 is 0 Å². The number of thiophene rings is 1. The van der Waals surface area contributed by atoms with Crippen molar-refractivity contribution < 1.29 is 12.8 Å². The summed E-state index contributed by atoms with van der Waals surface area (Å²) in [7, 11) is -3.35. The summed E-state index contributed by atoms with van der Waals surface area (Å²) in [6.07, 6.45) is 1.56. The number of piperazine rings is 1. The third-order valence-corrected chi connectivity index (χ3v) is 7.72. The Bertz CT molecular complexity index is 776. The third-order valence-electron chi connectivity index (χ3n) is 4.12. The van der Waals surface area contributed by atoms with Crippen LogP contribution < -0.4 is 0 Å². The van der Waals surface area contributed by atoms with Gasteiger partial charge in [-0.3, -0.25) is 0 Å². The second-order valence-electron chi connectivity index (χ2n) is 5.78. The van der Waals surface area contributed by atoms with Gasteiger partial charge in [0.1, 0.15) is 4.21 Å². The molecule has 1 saturated heterocycles. The molecule has 7 nitrogen and oxygen atoms in total. The molecule has 2 aromatic heterocycles. The largest absolute Gasteiger partial charge is 0.426 e. The van der Waals surface area contributed by atoms with Gasteiger partial charge in [0.05, 0.1) is 0 Å². The van der Waals surface area contributed by atoms with Gasteiger partial charge in [-0.1, -0.05) is 6.92 Å². The van der Waals surface area contributed by atoms with Crippen molar-refractivity contribution in [2.75, 3.05) is 32.7 Å². The maximum absolute atomic E-state index is 12.7. The van der Waals surface area contributed by atoms with E-state index in [1.54, 1.807) is 17.3 Å². The summed E-state index contributed by atoms with van der Waals surface area (Å²) in [6, 6.07) is 3.63. The Kier molecular flexibility index (Phi) is 5.33. The van der Waals surface area contributed by atoms with E-state index in [9.17, 15) is 8.42 Å². The molecule has 132 valence electrons. The van der Waals surface area contributed by atoms with Crippen molar-refractivity contribution in [1.29, 1.82) is 0 Å². The van der Waals surface area contributed by atoms with Gasteiger partial charge in [-0.15, -0.1) is 21.5 Å². The fourth-order valence-electron chi connectivity index (χ4n) is 2.70. The number of rotatable bonds is 6. The molecule has 0 saturated carbocycles. The first-order valence-electron chi connectivity index (χ1n) is 8.09. The van der Waals surface area contributed by atoms with Crippen LogP contribution in [0.3, 0.4) is 0 Å². The molecule has 0 aromatic carbocycles. The van der Waals surface area contributed by atoms with Gasteiger partial charge in [-0.2, -0.15) is 4.31 Å². The van der Waals surface area contributed by atoms with E-state index in [4.69, 9.17) is 4.42 Å². The summed E-state index contributed by atoms with van der Waals surface area (Å²) in [5.41, 5.74) is 0. The molecule has 0 aliphatic carbocycles. The Balaban J connectivity index is 1.54. The summed E-state index contributed by atoms with van der Waals surface area (Å²) in [6.45, 7) is 7.08. The van der Waals surface area contributed by atoms with E-state index in [2.05, 4.69) is 15.1 Å². The highest BCUT2D eigenvalue weighted by atomic mass is 32.2. The molecule has 9 heteroatoms. The van der Waals surface area contributed by atoms with Crippen LogP contribution in [0.15, 0.2) is 20.8 Å². The van der Waals surface area contributed by atoms with Crippen LogP contribution >= 0.6 is 11.3 Å². The molecule has 3 rings (SSSR count). The molecule has 1 fully saturated rings. The van der Waals surface area contributed by atoms with Crippen molar-refractivity contribution in [3.63, 3.8) is 0 Å². The predicted molar refractivity (Wildman–Crippen MR) is 91.6 cm³/mol. The molecule has 1 aliphatic rings. The van der Waals surface area contributed by atoms with Crippen LogP contribution in [0.1, 0.15) is 23.6 Å². The molecule has 24 heavy (non-hydrogen) atoms. The zero-order chi connectivity index (χ0) is 17.2. The molecule has 0 N–H and O–H groups in total. The number of hydrogen-bond donors (Lipinski definition) is 0. The minimum atomic E-state index is -3.35. The van der Waals surface area contributed by atoms with Crippen LogP contribution in [-0.4, -0.2) is 60.5 Å². The normalized spacial score (nSPS) is 17.4. The van der Waals surface area contributed by atoms with Gasteiger partial charge in [-0.25, -0.2) is 8.42 Å². The van der Waals surface area contributed by atoms with Gasteiger partial charge in [0, 0.05) is 50.9 Å². The van der Waals surface area contributed by atoms with E-state index in [-0.39, 0.29) is 0 Å². The zero-order valence-corrected chi connectivity index (χ0v) is 15.6. The Morgan fingerprint density at radius 1 is 1.21 bits per heavy atom. The SMILES string of the molecule is CCc1ccc(S(=O)(=O)N2CCN(CCc3nnc(C)o3)CC2)s1. The lowest BCUT2D eigenvalue weighted by molar-refractivity contribution is 0.187. The molecular weight excluding hydrogens is 348 g/mol. The van der Waals surface area contributed by atoms with Crippen LogP contribution in [0.2, 0.25) is 0 Å². The van der Waals surface area contributed by atoms with Crippen molar-refractivity contribution in [3.8, 4) is 0 Å². The molecule has 1 aliphatic heterocycles. The van der Waals surface area contributed by atoms with Crippen molar-refractivity contribution in [2.24, 2.45) is 0 Å². The van der Waals surface area contributed by atoms with Crippen LogP contribution in [-0.2, 0) is 22.9 Å². The molecule has 0 atom stereocenters. The lowest BCUT2D eigenvalue weighted by Crippen LogP contribution is -2.48. The summed E-state index contributed by atoms with van der Waals surface area (Å²) in [4.78, 5) is 3.33. The molecule has 0 unspecified atom stereocenters. The first-order valence-corrected chi connectivity index (χ1v) is 10.3. The fourth-order valence-corrected chi connectivity index (χ4v) is 5.57. The van der Waals surface area contributed by atoms with Crippen molar-refractivity contribution in [2.45, 2.75) is 30.9 Å². The van der Waals surface area contributed by atoms with Crippen LogP contribution in [0.25, 0.3) is 0 Å². The molecule has 0 radical (unpaired) electrons.